The number of rotatable bonds is 5. The molecule has 1 aromatic heterocycles. The van der Waals surface area contributed by atoms with Gasteiger partial charge in [0.05, 0.1) is 15.7 Å². The summed E-state index contributed by atoms with van der Waals surface area (Å²) < 4.78 is 0. The standard InChI is InChI=1S/C19H26ClN5S/c1-3-15-14-23-18(26-15)8-9-22-19(21-2)25-12-10-24(11-13-25)17-7-5-4-6-16(17)20/h4-7,14H,3,8-13H2,1-2H3,(H,21,22). The molecular formula is C19H26ClN5S. The molecule has 0 spiro atoms. The molecule has 0 bridgehead atoms. The van der Waals surface area contributed by atoms with E-state index in [1.165, 1.54) is 9.88 Å². The number of anilines is 1. The summed E-state index contributed by atoms with van der Waals surface area (Å²) in [5, 5.41) is 5.49. The van der Waals surface area contributed by atoms with Crippen molar-refractivity contribution in [1.82, 2.24) is 15.2 Å². The van der Waals surface area contributed by atoms with Crippen LogP contribution in [0.3, 0.4) is 0 Å². The lowest BCUT2D eigenvalue weighted by atomic mass is 10.2. The molecule has 1 aliphatic rings. The van der Waals surface area contributed by atoms with Crippen LogP contribution in [-0.4, -0.2) is 55.6 Å². The van der Waals surface area contributed by atoms with Crippen molar-refractivity contribution in [3.63, 3.8) is 0 Å². The van der Waals surface area contributed by atoms with E-state index in [9.17, 15) is 0 Å². The first-order valence-corrected chi connectivity index (χ1v) is 10.3. The number of benzene rings is 1. The summed E-state index contributed by atoms with van der Waals surface area (Å²) in [5.74, 6) is 0.969. The van der Waals surface area contributed by atoms with E-state index in [-0.39, 0.29) is 0 Å². The normalized spacial score (nSPS) is 15.4. The number of guanidine groups is 1. The topological polar surface area (TPSA) is 43.8 Å². The van der Waals surface area contributed by atoms with E-state index in [2.05, 4.69) is 38.1 Å². The summed E-state index contributed by atoms with van der Waals surface area (Å²) in [6, 6.07) is 8.05. The van der Waals surface area contributed by atoms with Crippen LogP contribution < -0.4 is 10.2 Å². The molecule has 1 N–H and O–H groups in total. The second-order valence-electron chi connectivity index (χ2n) is 6.22. The van der Waals surface area contributed by atoms with E-state index < -0.39 is 0 Å². The Morgan fingerprint density at radius 3 is 2.69 bits per heavy atom. The zero-order chi connectivity index (χ0) is 18.4. The number of halogens is 1. The largest absolute Gasteiger partial charge is 0.367 e. The van der Waals surface area contributed by atoms with Gasteiger partial charge in [-0.25, -0.2) is 4.98 Å². The molecule has 5 nitrogen and oxygen atoms in total. The lowest BCUT2D eigenvalue weighted by molar-refractivity contribution is 0.373. The molecular weight excluding hydrogens is 366 g/mol. The lowest BCUT2D eigenvalue weighted by Crippen LogP contribution is -2.52. The van der Waals surface area contributed by atoms with Crippen molar-refractivity contribution in [2.24, 2.45) is 4.99 Å². The molecule has 2 aromatic rings. The van der Waals surface area contributed by atoms with E-state index >= 15 is 0 Å². The quantitative estimate of drug-likeness (QED) is 0.627. The third kappa shape index (κ3) is 4.68. The van der Waals surface area contributed by atoms with Gasteiger partial charge in [0.2, 0.25) is 0 Å². The maximum absolute atomic E-state index is 6.33. The number of nitrogens with one attached hydrogen (secondary N) is 1. The molecule has 0 saturated carbocycles. The van der Waals surface area contributed by atoms with Crippen LogP contribution in [0.5, 0.6) is 0 Å². The summed E-state index contributed by atoms with van der Waals surface area (Å²) >= 11 is 8.13. The minimum Gasteiger partial charge on any atom is -0.367 e. The van der Waals surface area contributed by atoms with Crippen LogP contribution in [0, 0.1) is 0 Å². The van der Waals surface area contributed by atoms with Crippen molar-refractivity contribution >= 4 is 34.6 Å². The highest BCUT2D eigenvalue weighted by Gasteiger charge is 2.20. The molecule has 140 valence electrons. The fourth-order valence-corrected chi connectivity index (χ4v) is 4.23. The van der Waals surface area contributed by atoms with Crippen molar-refractivity contribution in [3.8, 4) is 0 Å². The molecule has 0 radical (unpaired) electrons. The number of aryl methyl sites for hydroxylation is 1. The van der Waals surface area contributed by atoms with Crippen molar-refractivity contribution in [2.75, 3.05) is 44.7 Å². The van der Waals surface area contributed by atoms with E-state index in [4.69, 9.17) is 11.6 Å². The van der Waals surface area contributed by atoms with Crippen molar-refractivity contribution < 1.29 is 0 Å². The van der Waals surface area contributed by atoms with Gasteiger partial charge in [-0.1, -0.05) is 30.7 Å². The molecule has 26 heavy (non-hydrogen) atoms. The Bertz CT molecular complexity index is 737. The predicted molar refractivity (Wildman–Crippen MR) is 112 cm³/mol. The van der Waals surface area contributed by atoms with Gasteiger partial charge < -0.3 is 15.1 Å². The summed E-state index contributed by atoms with van der Waals surface area (Å²) in [6.45, 7) is 6.77. The summed E-state index contributed by atoms with van der Waals surface area (Å²) in [7, 11) is 1.85. The summed E-state index contributed by atoms with van der Waals surface area (Å²) in [5.41, 5.74) is 1.12. The minimum atomic E-state index is 0.818. The maximum atomic E-state index is 6.33. The van der Waals surface area contributed by atoms with Gasteiger partial charge in [-0.2, -0.15) is 0 Å². The number of aliphatic imine (C=N–C) groups is 1. The monoisotopic (exact) mass is 391 g/mol. The smallest absolute Gasteiger partial charge is 0.193 e. The van der Waals surface area contributed by atoms with Gasteiger partial charge in [-0.05, 0) is 18.6 Å². The van der Waals surface area contributed by atoms with Crippen LogP contribution in [0.4, 0.5) is 5.69 Å². The van der Waals surface area contributed by atoms with Gasteiger partial charge in [0.25, 0.3) is 0 Å². The van der Waals surface area contributed by atoms with Gasteiger partial charge in [0.15, 0.2) is 5.96 Å². The van der Waals surface area contributed by atoms with Crippen molar-refractivity contribution in [2.45, 2.75) is 19.8 Å². The van der Waals surface area contributed by atoms with Crippen LogP contribution in [-0.2, 0) is 12.8 Å². The van der Waals surface area contributed by atoms with Crippen LogP contribution in [0.25, 0.3) is 0 Å². The third-order valence-corrected chi connectivity index (χ3v) is 6.08. The molecule has 1 aliphatic heterocycles. The predicted octanol–water partition coefficient (Wildman–Crippen LogP) is 3.30. The molecule has 3 rings (SSSR count). The number of hydrogen-bond donors (Lipinski definition) is 1. The first-order valence-electron chi connectivity index (χ1n) is 9.10. The Morgan fingerprint density at radius 1 is 1.27 bits per heavy atom. The molecule has 0 aliphatic carbocycles. The summed E-state index contributed by atoms with van der Waals surface area (Å²) in [4.78, 5) is 14.9. The molecule has 0 atom stereocenters. The lowest BCUT2D eigenvalue weighted by Gasteiger charge is -2.38. The number of para-hydroxylation sites is 1. The van der Waals surface area contributed by atoms with Crippen LogP contribution in [0.2, 0.25) is 5.02 Å². The van der Waals surface area contributed by atoms with Gasteiger partial charge in [0.1, 0.15) is 0 Å². The SMILES string of the molecule is CCc1cnc(CCNC(=NC)N2CCN(c3ccccc3Cl)CC2)s1. The van der Waals surface area contributed by atoms with Crippen LogP contribution in [0.15, 0.2) is 35.5 Å². The maximum Gasteiger partial charge on any atom is 0.193 e. The van der Waals surface area contributed by atoms with Gasteiger partial charge in [-0.3, -0.25) is 4.99 Å². The Labute approximate surface area is 164 Å². The second-order valence-corrected chi connectivity index (χ2v) is 7.83. The number of nitrogens with zero attached hydrogens (tertiary/aromatic N) is 4. The molecule has 1 saturated heterocycles. The van der Waals surface area contributed by atoms with Crippen LogP contribution in [0.1, 0.15) is 16.8 Å². The van der Waals surface area contributed by atoms with Crippen LogP contribution >= 0.6 is 22.9 Å². The molecule has 0 unspecified atom stereocenters. The highest BCUT2D eigenvalue weighted by Crippen LogP contribution is 2.26. The Morgan fingerprint density at radius 2 is 2.04 bits per heavy atom. The Hall–Kier alpha value is -1.79. The Balaban J connectivity index is 1.48. The number of hydrogen-bond acceptors (Lipinski definition) is 4. The summed E-state index contributed by atoms with van der Waals surface area (Å²) in [6.07, 6.45) is 3.98. The van der Waals surface area contributed by atoms with Crippen molar-refractivity contribution in [1.29, 1.82) is 0 Å². The highest BCUT2D eigenvalue weighted by atomic mass is 35.5. The average molecular weight is 392 g/mol. The number of thiazole rings is 1. The van der Waals surface area contributed by atoms with E-state index in [1.54, 1.807) is 11.3 Å². The molecule has 7 heteroatoms. The van der Waals surface area contributed by atoms with Crippen molar-refractivity contribution in [3.05, 3.63) is 45.4 Å². The minimum absolute atomic E-state index is 0.818. The number of aromatic nitrogens is 1. The zero-order valence-electron chi connectivity index (χ0n) is 15.4. The molecule has 2 heterocycles. The van der Waals surface area contributed by atoms with E-state index in [0.29, 0.717) is 0 Å². The molecule has 1 aromatic carbocycles. The van der Waals surface area contributed by atoms with Gasteiger partial charge >= 0.3 is 0 Å². The average Bonchev–Trinajstić information content (AvgIpc) is 3.14. The molecule has 0 amide bonds. The zero-order valence-corrected chi connectivity index (χ0v) is 17.0. The van der Waals surface area contributed by atoms with Gasteiger partial charge in [0, 0.05) is 57.3 Å². The fraction of sp³-hybridized carbons (Fsp3) is 0.474. The Kier molecular flexibility index (Phi) is 6.74. The fourth-order valence-electron chi connectivity index (χ4n) is 3.11. The molecule has 1 fully saturated rings. The number of piperazine rings is 1. The first kappa shape index (κ1) is 19.0. The van der Waals surface area contributed by atoms with E-state index in [0.717, 1.165) is 62.2 Å². The first-order chi connectivity index (χ1) is 12.7. The second kappa shape index (κ2) is 9.24. The third-order valence-electron chi connectivity index (χ3n) is 4.56. The highest BCUT2D eigenvalue weighted by molar-refractivity contribution is 7.11. The van der Waals surface area contributed by atoms with Gasteiger partial charge in [-0.15, -0.1) is 11.3 Å². The van der Waals surface area contributed by atoms with E-state index in [1.807, 2.05) is 31.4 Å².